The number of carbonyl (C=O) groups excluding carboxylic acids is 2. The van der Waals surface area contributed by atoms with Crippen molar-refractivity contribution >= 4 is 11.8 Å². The minimum atomic E-state index is -4.58. The lowest BCUT2D eigenvalue weighted by molar-refractivity contribution is -0.137. The summed E-state index contributed by atoms with van der Waals surface area (Å²) < 4.78 is 45.2. The largest absolute Gasteiger partial charge is 0.416 e. The third-order valence-corrected chi connectivity index (χ3v) is 7.84. The topological polar surface area (TPSA) is 113 Å². The Morgan fingerprint density at radius 2 is 1.90 bits per heavy atom. The second kappa shape index (κ2) is 12.0. The molecule has 8 nitrogen and oxygen atoms in total. The molecule has 0 radical (unpaired) electrons. The molecular formula is C28H35F3N4O4. The molecule has 1 saturated carbocycles. The number of hydrogen-bond donors (Lipinski definition) is 4. The Bertz CT molecular complexity index is 1140. The van der Waals surface area contributed by atoms with E-state index in [9.17, 15) is 27.9 Å². The van der Waals surface area contributed by atoms with Crippen LogP contribution in [-0.2, 0) is 21.3 Å². The van der Waals surface area contributed by atoms with Crippen molar-refractivity contribution in [3.05, 3.63) is 65.5 Å². The predicted octanol–water partition coefficient (Wildman–Crippen LogP) is 3.16. The van der Waals surface area contributed by atoms with E-state index in [0.717, 1.165) is 30.2 Å². The molecule has 2 aliphatic rings. The van der Waals surface area contributed by atoms with E-state index >= 15 is 0 Å². The number of rotatable bonds is 9. The predicted molar refractivity (Wildman–Crippen MR) is 138 cm³/mol. The summed E-state index contributed by atoms with van der Waals surface area (Å²) in [6.45, 7) is 3.13. The minimum absolute atomic E-state index is 0.000382. The third-order valence-electron chi connectivity index (χ3n) is 7.84. The first kappa shape index (κ1) is 29.0. The molecule has 1 saturated heterocycles. The molecular weight excluding hydrogens is 513 g/mol. The molecule has 2 heterocycles. The zero-order valence-electron chi connectivity index (χ0n) is 21.9. The Kier molecular flexibility index (Phi) is 8.93. The van der Waals surface area contributed by atoms with Gasteiger partial charge in [-0.25, -0.2) is 0 Å². The van der Waals surface area contributed by atoms with Crippen LogP contribution in [0.3, 0.4) is 0 Å². The molecule has 0 bridgehead atoms. The van der Waals surface area contributed by atoms with E-state index in [-0.39, 0.29) is 17.6 Å². The van der Waals surface area contributed by atoms with Crippen molar-refractivity contribution in [1.29, 1.82) is 0 Å². The van der Waals surface area contributed by atoms with Gasteiger partial charge in [0.15, 0.2) is 0 Å². The van der Waals surface area contributed by atoms with Crippen LogP contribution in [0.4, 0.5) is 13.2 Å². The number of aromatic nitrogens is 1. The van der Waals surface area contributed by atoms with Gasteiger partial charge in [0.25, 0.3) is 5.91 Å². The van der Waals surface area contributed by atoms with E-state index in [1.807, 2.05) is 19.1 Å². The maximum absolute atomic E-state index is 13.1. The van der Waals surface area contributed by atoms with Gasteiger partial charge in [-0.2, -0.15) is 13.2 Å². The normalized spacial score (nSPS) is 27.2. The highest BCUT2D eigenvalue weighted by atomic mass is 19.4. The molecule has 2 aromatic rings. The molecule has 4 N–H and O–H groups in total. The summed E-state index contributed by atoms with van der Waals surface area (Å²) in [6.07, 6.45) is 1.53. The van der Waals surface area contributed by atoms with Gasteiger partial charge < -0.3 is 25.8 Å². The summed E-state index contributed by atoms with van der Waals surface area (Å²) >= 11 is 0. The van der Waals surface area contributed by atoms with Crippen LogP contribution in [0.1, 0.15) is 60.5 Å². The Morgan fingerprint density at radius 1 is 1.18 bits per heavy atom. The second-order valence-electron chi connectivity index (χ2n) is 10.4. The fourth-order valence-electron chi connectivity index (χ4n) is 5.77. The number of benzene rings is 1. The van der Waals surface area contributed by atoms with Gasteiger partial charge in [-0.05, 0) is 73.9 Å². The Balaban J connectivity index is 1.45. The van der Waals surface area contributed by atoms with Gasteiger partial charge in [0, 0.05) is 37.7 Å². The van der Waals surface area contributed by atoms with Crippen LogP contribution in [0.25, 0.3) is 0 Å². The molecule has 1 aliphatic heterocycles. The van der Waals surface area contributed by atoms with Crippen molar-refractivity contribution in [2.24, 2.45) is 5.92 Å². The number of amides is 2. The van der Waals surface area contributed by atoms with Crippen molar-refractivity contribution in [2.45, 2.75) is 62.4 Å². The summed E-state index contributed by atoms with van der Waals surface area (Å²) in [7, 11) is 0. The van der Waals surface area contributed by atoms with Gasteiger partial charge in [-0.15, -0.1) is 0 Å². The summed E-state index contributed by atoms with van der Waals surface area (Å²) in [6, 6.07) is 7.70. The fourth-order valence-corrected chi connectivity index (χ4v) is 5.77. The first-order chi connectivity index (χ1) is 18.6. The van der Waals surface area contributed by atoms with E-state index in [2.05, 4.69) is 20.9 Å². The molecule has 1 aliphatic carbocycles. The monoisotopic (exact) mass is 548 g/mol. The quantitative estimate of drug-likeness (QED) is 0.383. The number of hydrogen-bond acceptors (Lipinski definition) is 6. The number of halogens is 3. The zero-order valence-corrected chi connectivity index (χ0v) is 21.9. The first-order valence-electron chi connectivity index (χ1n) is 13.3. The lowest BCUT2D eigenvalue weighted by Crippen LogP contribution is -2.64. The molecule has 39 heavy (non-hydrogen) atoms. The number of carbonyl (C=O) groups is 2. The van der Waals surface area contributed by atoms with Crippen LogP contribution in [0.15, 0.2) is 48.8 Å². The van der Waals surface area contributed by atoms with E-state index in [1.54, 1.807) is 12.4 Å². The molecule has 2 amide bonds. The standard InChI is InChI=1S/C28H35F3N4O4/c1-2-14-39-23-16-33-18-27(23,21-6-10-26(38,11-7-21)20-8-12-32-13-9-20)35-24(36)17-34-25(37)19-4-3-5-22(15-19)28(29,30)31/h3-5,8-9,12-13,15,21,23,33,38H,2,6-7,10-11,14,16-18H2,1H3,(H,34,37)(H,35,36)/t21?,23-,26?,27+/m0/s1. The zero-order chi connectivity index (χ0) is 28.1. The van der Waals surface area contributed by atoms with Crippen LogP contribution >= 0.6 is 0 Å². The van der Waals surface area contributed by atoms with E-state index in [4.69, 9.17) is 4.74 Å². The summed E-state index contributed by atoms with van der Waals surface area (Å²) in [4.78, 5) is 29.7. The summed E-state index contributed by atoms with van der Waals surface area (Å²) in [5.74, 6) is -1.23. The Morgan fingerprint density at radius 3 is 2.56 bits per heavy atom. The number of pyridine rings is 1. The highest BCUT2D eigenvalue weighted by Crippen LogP contribution is 2.45. The fraction of sp³-hybridized carbons (Fsp3) is 0.536. The van der Waals surface area contributed by atoms with Gasteiger partial charge in [0.1, 0.15) is 0 Å². The number of nitrogens with one attached hydrogen (secondary N) is 3. The average Bonchev–Trinajstić information content (AvgIpc) is 3.33. The number of aliphatic hydroxyl groups is 1. The molecule has 2 fully saturated rings. The molecule has 0 spiro atoms. The van der Waals surface area contributed by atoms with Gasteiger partial charge in [0.05, 0.1) is 29.4 Å². The molecule has 4 rings (SSSR count). The summed E-state index contributed by atoms with van der Waals surface area (Å²) in [5.41, 5.74) is -2.03. The highest BCUT2D eigenvalue weighted by molar-refractivity contribution is 5.96. The van der Waals surface area contributed by atoms with Crippen molar-refractivity contribution in [2.75, 3.05) is 26.2 Å². The van der Waals surface area contributed by atoms with Gasteiger partial charge in [-0.1, -0.05) is 13.0 Å². The van der Waals surface area contributed by atoms with Crippen molar-refractivity contribution in [3.8, 4) is 0 Å². The molecule has 11 heteroatoms. The third kappa shape index (κ3) is 6.59. The summed E-state index contributed by atoms with van der Waals surface area (Å²) in [5, 5.41) is 20.2. The van der Waals surface area contributed by atoms with Crippen molar-refractivity contribution in [3.63, 3.8) is 0 Å². The molecule has 1 aromatic carbocycles. The van der Waals surface area contributed by atoms with Gasteiger partial charge >= 0.3 is 6.18 Å². The molecule has 1 aromatic heterocycles. The molecule has 2 atom stereocenters. The number of alkyl halides is 3. The Hall–Kier alpha value is -3.02. The Labute approximate surface area is 225 Å². The molecule has 212 valence electrons. The van der Waals surface area contributed by atoms with Crippen LogP contribution < -0.4 is 16.0 Å². The number of nitrogens with zero attached hydrogens (tertiary/aromatic N) is 1. The van der Waals surface area contributed by atoms with E-state index < -0.39 is 41.2 Å². The molecule has 0 unspecified atom stereocenters. The van der Waals surface area contributed by atoms with Crippen LogP contribution in [0.2, 0.25) is 0 Å². The van der Waals surface area contributed by atoms with Gasteiger partial charge in [-0.3, -0.25) is 14.6 Å². The maximum Gasteiger partial charge on any atom is 0.416 e. The van der Waals surface area contributed by atoms with Crippen molar-refractivity contribution in [1.82, 2.24) is 20.9 Å². The number of ether oxygens (including phenoxy) is 1. The SMILES string of the molecule is CCCO[C@H]1CNC[C@@]1(NC(=O)CNC(=O)c1cccc(C(F)(F)F)c1)C1CCC(O)(c2ccncc2)CC1. The van der Waals surface area contributed by atoms with Gasteiger partial charge in [0.2, 0.25) is 5.91 Å². The van der Waals surface area contributed by atoms with Crippen LogP contribution in [0, 0.1) is 5.92 Å². The first-order valence-corrected chi connectivity index (χ1v) is 13.3. The van der Waals surface area contributed by atoms with E-state index in [1.165, 1.54) is 6.07 Å². The average molecular weight is 549 g/mol. The van der Waals surface area contributed by atoms with Crippen LogP contribution in [-0.4, -0.2) is 59.8 Å². The van der Waals surface area contributed by atoms with Crippen molar-refractivity contribution < 1.29 is 32.6 Å². The van der Waals surface area contributed by atoms with Crippen LogP contribution in [0.5, 0.6) is 0 Å². The highest BCUT2D eigenvalue weighted by Gasteiger charge is 2.52. The maximum atomic E-state index is 13.1. The second-order valence-corrected chi connectivity index (χ2v) is 10.4. The smallest absolute Gasteiger partial charge is 0.385 e. The lowest BCUT2D eigenvalue weighted by Gasteiger charge is -2.47. The minimum Gasteiger partial charge on any atom is -0.385 e. The van der Waals surface area contributed by atoms with E-state index in [0.29, 0.717) is 45.4 Å². The lowest BCUT2D eigenvalue weighted by atomic mass is 9.67.